The minimum absolute atomic E-state index is 0.0535. The van der Waals surface area contributed by atoms with Crippen molar-refractivity contribution in [1.82, 2.24) is 9.97 Å². The Morgan fingerprint density at radius 2 is 1.83 bits per heavy atom. The highest BCUT2D eigenvalue weighted by Gasteiger charge is 2.15. The van der Waals surface area contributed by atoms with Crippen molar-refractivity contribution in [3.8, 4) is 17.6 Å². The summed E-state index contributed by atoms with van der Waals surface area (Å²) in [7, 11) is 0. The largest absolute Gasteiger partial charge is 0.456 e. The SMILES string of the molecule is CC(C)(C)c1ccnc(NC(=O)Nc2ccc(Oc3ccnc(C#N)c3)c(Cl)c2)c1. The summed E-state index contributed by atoms with van der Waals surface area (Å²) >= 11 is 6.28. The average Bonchev–Trinajstić information content (AvgIpc) is 2.70. The molecular weight excluding hydrogens is 402 g/mol. The Bertz CT molecular complexity index is 1120. The van der Waals surface area contributed by atoms with E-state index in [1.807, 2.05) is 18.2 Å². The fourth-order valence-corrected chi connectivity index (χ4v) is 2.79. The molecular formula is C22H20ClN5O2. The number of anilines is 2. The molecule has 2 heterocycles. The standard InChI is InChI=1S/C22H20ClN5O2/c1-22(2,3)14-6-8-26-20(10-14)28-21(29)27-15-4-5-19(18(23)12-15)30-17-7-9-25-16(11-17)13-24/h4-12H,1-3H3,(H2,26,27,28,29). The fraction of sp³-hybridized carbons (Fsp3) is 0.182. The molecule has 0 bridgehead atoms. The zero-order chi connectivity index (χ0) is 21.7. The van der Waals surface area contributed by atoms with Crippen molar-refractivity contribution in [1.29, 1.82) is 5.26 Å². The van der Waals surface area contributed by atoms with Gasteiger partial charge in [0.25, 0.3) is 0 Å². The van der Waals surface area contributed by atoms with Crippen molar-refractivity contribution >= 4 is 29.1 Å². The number of hydrogen-bond donors (Lipinski definition) is 2. The van der Waals surface area contributed by atoms with Crippen LogP contribution < -0.4 is 15.4 Å². The number of rotatable bonds is 4. The van der Waals surface area contributed by atoms with Crippen LogP contribution in [0.2, 0.25) is 5.02 Å². The molecule has 2 amide bonds. The molecule has 0 aliphatic heterocycles. The number of aromatic nitrogens is 2. The molecule has 7 nitrogen and oxygen atoms in total. The van der Waals surface area contributed by atoms with Crippen LogP contribution in [0.25, 0.3) is 0 Å². The second-order valence-corrected chi connectivity index (χ2v) is 7.90. The number of nitrogens with one attached hydrogen (secondary N) is 2. The minimum Gasteiger partial charge on any atom is -0.456 e. The Morgan fingerprint density at radius 1 is 1.07 bits per heavy atom. The van der Waals surface area contributed by atoms with E-state index in [0.717, 1.165) is 5.56 Å². The Labute approximate surface area is 179 Å². The van der Waals surface area contributed by atoms with Gasteiger partial charge in [-0.1, -0.05) is 32.4 Å². The number of amides is 2. The summed E-state index contributed by atoms with van der Waals surface area (Å²) in [5.41, 5.74) is 1.74. The van der Waals surface area contributed by atoms with Gasteiger partial charge in [0.1, 0.15) is 29.1 Å². The Hall–Kier alpha value is -3.63. The van der Waals surface area contributed by atoms with E-state index >= 15 is 0 Å². The van der Waals surface area contributed by atoms with Gasteiger partial charge in [0.2, 0.25) is 0 Å². The van der Waals surface area contributed by atoms with Crippen molar-refractivity contribution in [2.75, 3.05) is 10.6 Å². The van der Waals surface area contributed by atoms with Gasteiger partial charge in [0.15, 0.2) is 0 Å². The predicted octanol–water partition coefficient (Wildman–Crippen LogP) is 5.74. The lowest BCUT2D eigenvalue weighted by Gasteiger charge is -2.19. The molecule has 0 spiro atoms. The minimum atomic E-state index is -0.439. The first-order chi connectivity index (χ1) is 14.2. The van der Waals surface area contributed by atoms with Gasteiger partial charge in [-0.3, -0.25) is 5.32 Å². The molecule has 0 saturated heterocycles. The van der Waals surface area contributed by atoms with E-state index in [1.165, 1.54) is 12.3 Å². The van der Waals surface area contributed by atoms with Gasteiger partial charge in [-0.05, 0) is 47.4 Å². The topological polar surface area (TPSA) is 99.9 Å². The van der Waals surface area contributed by atoms with Crippen molar-refractivity contribution in [2.45, 2.75) is 26.2 Å². The molecule has 30 heavy (non-hydrogen) atoms. The Kier molecular flexibility index (Phi) is 6.19. The maximum atomic E-state index is 12.3. The smallest absolute Gasteiger partial charge is 0.324 e. The number of carbonyl (C=O) groups excluding carboxylic acids is 1. The van der Waals surface area contributed by atoms with E-state index in [1.54, 1.807) is 30.5 Å². The van der Waals surface area contributed by atoms with Crippen molar-refractivity contribution in [3.05, 3.63) is 71.1 Å². The summed E-state index contributed by atoms with van der Waals surface area (Å²) in [4.78, 5) is 20.4. The van der Waals surface area contributed by atoms with Crippen molar-refractivity contribution in [3.63, 3.8) is 0 Å². The van der Waals surface area contributed by atoms with Crippen LogP contribution in [0.4, 0.5) is 16.3 Å². The number of halogens is 1. The number of hydrogen-bond acceptors (Lipinski definition) is 5. The molecule has 0 aliphatic carbocycles. The molecule has 0 saturated carbocycles. The first kappa shape index (κ1) is 21.1. The van der Waals surface area contributed by atoms with Crippen LogP contribution >= 0.6 is 11.6 Å². The monoisotopic (exact) mass is 421 g/mol. The normalized spacial score (nSPS) is 10.8. The molecule has 0 fully saturated rings. The summed E-state index contributed by atoms with van der Waals surface area (Å²) in [6.07, 6.45) is 3.14. The van der Waals surface area contributed by atoms with Crippen LogP contribution in [-0.4, -0.2) is 16.0 Å². The predicted molar refractivity (Wildman–Crippen MR) is 116 cm³/mol. The molecule has 3 rings (SSSR count). The van der Waals surface area contributed by atoms with Gasteiger partial charge in [-0.2, -0.15) is 5.26 Å². The summed E-state index contributed by atoms with van der Waals surface area (Å²) in [6.45, 7) is 6.26. The molecule has 2 N–H and O–H groups in total. The van der Waals surface area contributed by atoms with Gasteiger partial charge in [-0.15, -0.1) is 0 Å². The molecule has 8 heteroatoms. The number of ether oxygens (including phenoxy) is 1. The van der Waals surface area contributed by atoms with E-state index < -0.39 is 6.03 Å². The van der Waals surface area contributed by atoms with E-state index in [4.69, 9.17) is 21.6 Å². The second-order valence-electron chi connectivity index (χ2n) is 7.49. The fourth-order valence-electron chi connectivity index (χ4n) is 2.57. The van der Waals surface area contributed by atoms with E-state index in [9.17, 15) is 4.79 Å². The number of nitrogens with zero attached hydrogens (tertiary/aromatic N) is 3. The zero-order valence-corrected chi connectivity index (χ0v) is 17.5. The number of benzene rings is 1. The number of urea groups is 1. The molecule has 0 unspecified atom stereocenters. The van der Waals surface area contributed by atoms with Gasteiger partial charge in [-0.25, -0.2) is 14.8 Å². The summed E-state index contributed by atoms with van der Waals surface area (Å²) < 4.78 is 5.69. The van der Waals surface area contributed by atoms with Gasteiger partial charge >= 0.3 is 6.03 Å². The lowest BCUT2D eigenvalue weighted by Crippen LogP contribution is -2.21. The number of pyridine rings is 2. The summed E-state index contributed by atoms with van der Waals surface area (Å²) in [5, 5.41) is 14.7. The third-order valence-electron chi connectivity index (χ3n) is 4.13. The Morgan fingerprint density at radius 3 is 2.53 bits per heavy atom. The van der Waals surface area contributed by atoms with E-state index in [0.29, 0.717) is 28.0 Å². The molecule has 0 aliphatic rings. The van der Waals surface area contributed by atoms with Crippen LogP contribution in [0.3, 0.4) is 0 Å². The number of nitriles is 1. The summed E-state index contributed by atoms with van der Waals surface area (Å²) in [5.74, 6) is 1.28. The molecule has 2 aromatic heterocycles. The van der Waals surface area contributed by atoms with Gasteiger partial charge in [0, 0.05) is 24.1 Å². The van der Waals surface area contributed by atoms with Crippen molar-refractivity contribution < 1.29 is 9.53 Å². The molecule has 3 aromatic rings. The maximum absolute atomic E-state index is 12.3. The van der Waals surface area contributed by atoms with Crippen LogP contribution in [0, 0.1) is 11.3 Å². The van der Waals surface area contributed by atoms with Crippen LogP contribution in [0.1, 0.15) is 32.0 Å². The second kappa shape index (κ2) is 8.80. The highest BCUT2D eigenvalue weighted by Crippen LogP contribution is 2.32. The highest BCUT2D eigenvalue weighted by atomic mass is 35.5. The highest BCUT2D eigenvalue weighted by molar-refractivity contribution is 6.32. The molecule has 152 valence electrons. The van der Waals surface area contributed by atoms with Crippen LogP contribution in [-0.2, 0) is 5.41 Å². The van der Waals surface area contributed by atoms with E-state index in [-0.39, 0.29) is 11.1 Å². The first-order valence-corrected chi connectivity index (χ1v) is 9.50. The van der Waals surface area contributed by atoms with E-state index in [2.05, 4.69) is 41.4 Å². The van der Waals surface area contributed by atoms with Gasteiger partial charge in [0.05, 0.1) is 5.02 Å². The lowest BCUT2D eigenvalue weighted by molar-refractivity contribution is 0.262. The zero-order valence-electron chi connectivity index (χ0n) is 16.7. The van der Waals surface area contributed by atoms with Crippen LogP contribution in [0.15, 0.2) is 54.9 Å². The third-order valence-corrected chi connectivity index (χ3v) is 4.43. The summed E-state index contributed by atoms with van der Waals surface area (Å²) in [6, 6.07) is 13.3. The first-order valence-electron chi connectivity index (χ1n) is 9.13. The van der Waals surface area contributed by atoms with Gasteiger partial charge < -0.3 is 10.1 Å². The molecule has 1 aromatic carbocycles. The Balaban J connectivity index is 1.67. The van der Waals surface area contributed by atoms with Crippen molar-refractivity contribution in [2.24, 2.45) is 0 Å². The third kappa shape index (κ3) is 5.46. The molecule has 0 radical (unpaired) electrons. The lowest BCUT2D eigenvalue weighted by atomic mass is 9.88. The number of carbonyl (C=O) groups is 1. The quantitative estimate of drug-likeness (QED) is 0.559. The van der Waals surface area contributed by atoms with Crippen LogP contribution in [0.5, 0.6) is 11.5 Å². The molecule has 0 atom stereocenters. The average molecular weight is 422 g/mol. The maximum Gasteiger partial charge on any atom is 0.324 e.